The molecule has 0 aliphatic heterocycles. The number of carbonyl (C=O) groups excluding carboxylic acids is 1. The van der Waals surface area contributed by atoms with Gasteiger partial charge in [-0.15, -0.1) is 0 Å². The van der Waals surface area contributed by atoms with E-state index in [-0.39, 0.29) is 17.7 Å². The summed E-state index contributed by atoms with van der Waals surface area (Å²) >= 11 is 0. The van der Waals surface area contributed by atoms with E-state index in [4.69, 9.17) is 9.47 Å². The van der Waals surface area contributed by atoms with Crippen molar-refractivity contribution in [3.8, 4) is 22.6 Å². The van der Waals surface area contributed by atoms with Gasteiger partial charge in [-0.3, -0.25) is 4.79 Å². The highest BCUT2D eigenvalue weighted by atomic mass is 19.1. The van der Waals surface area contributed by atoms with Crippen LogP contribution in [-0.4, -0.2) is 12.6 Å². The van der Waals surface area contributed by atoms with Gasteiger partial charge in [0.1, 0.15) is 11.6 Å². The van der Waals surface area contributed by atoms with E-state index < -0.39 is 17.6 Å². The average Bonchev–Trinajstić information content (AvgIpc) is 2.78. The van der Waals surface area contributed by atoms with Crippen LogP contribution in [0.1, 0.15) is 78.6 Å². The van der Waals surface area contributed by atoms with E-state index in [1.54, 1.807) is 18.2 Å². The summed E-state index contributed by atoms with van der Waals surface area (Å²) < 4.78 is 39.9. The molecule has 3 nitrogen and oxygen atoms in total. The Bertz CT molecular complexity index is 851. The second-order valence-corrected chi connectivity index (χ2v) is 8.43. The highest BCUT2D eigenvalue weighted by Crippen LogP contribution is 2.30. The predicted octanol–water partition coefficient (Wildman–Crippen LogP) is 8.10. The average molecular weight is 447 g/mol. The van der Waals surface area contributed by atoms with Gasteiger partial charge in [0.2, 0.25) is 0 Å². The fourth-order valence-corrected chi connectivity index (χ4v) is 3.39. The predicted molar refractivity (Wildman–Crippen MR) is 125 cm³/mol. The molecule has 0 saturated carbocycles. The lowest BCUT2D eigenvalue weighted by atomic mass is 10.0. The molecular formula is C27H36F2O3. The Morgan fingerprint density at radius 2 is 1.69 bits per heavy atom. The number of benzene rings is 2. The zero-order valence-corrected chi connectivity index (χ0v) is 19.6. The Hall–Kier alpha value is -2.43. The van der Waals surface area contributed by atoms with Gasteiger partial charge >= 0.3 is 5.97 Å². The van der Waals surface area contributed by atoms with Crippen molar-refractivity contribution in [2.75, 3.05) is 6.61 Å². The monoisotopic (exact) mass is 446 g/mol. The van der Waals surface area contributed by atoms with Crippen LogP contribution in [0, 0.1) is 17.6 Å². The van der Waals surface area contributed by atoms with Gasteiger partial charge in [0.25, 0.3) is 0 Å². The minimum Gasteiger partial charge on any atom is -0.493 e. The van der Waals surface area contributed by atoms with E-state index in [1.807, 2.05) is 0 Å². The van der Waals surface area contributed by atoms with Gasteiger partial charge in [-0.25, -0.2) is 8.78 Å². The van der Waals surface area contributed by atoms with E-state index in [2.05, 4.69) is 20.8 Å². The fourth-order valence-electron chi connectivity index (χ4n) is 3.39. The fraction of sp³-hybridized carbons (Fsp3) is 0.519. The molecule has 2 aromatic rings. The molecule has 32 heavy (non-hydrogen) atoms. The molecule has 1 atom stereocenters. The molecule has 176 valence electrons. The van der Waals surface area contributed by atoms with Gasteiger partial charge in [0.05, 0.1) is 6.61 Å². The summed E-state index contributed by atoms with van der Waals surface area (Å²) in [6, 6.07) is 8.71. The van der Waals surface area contributed by atoms with Crippen LogP contribution in [-0.2, 0) is 4.79 Å². The van der Waals surface area contributed by atoms with Crippen LogP contribution in [0.25, 0.3) is 11.1 Å². The number of rotatable bonds is 14. The molecule has 0 saturated heterocycles. The van der Waals surface area contributed by atoms with Crippen LogP contribution in [0.5, 0.6) is 11.5 Å². The van der Waals surface area contributed by atoms with Crippen molar-refractivity contribution < 1.29 is 23.0 Å². The van der Waals surface area contributed by atoms with Crippen molar-refractivity contribution in [3.63, 3.8) is 0 Å². The third-order valence-electron chi connectivity index (χ3n) is 5.71. The molecule has 0 bridgehead atoms. The number of halogens is 2. The maximum Gasteiger partial charge on any atom is 0.311 e. The van der Waals surface area contributed by atoms with E-state index >= 15 is 0 Å². The molecule has 0 aromatic heterocycles. The van der Waals surface area contributed by atoms with Crippen LogP contribution in [0.4, 0.5) is 8.78 Å². The quantitative estimate of drug-likeness (QED) is 0.167. The number of ether oxygens (including phenoxy) is 2. The first-order chi connectivity index (χ1) is 15.4. The normalized spacial score (nSPS) is 11.9. The number of hydrogen-bond donors (Lipinski definition) is 0. The van der Waals surface area contributed by atoms with E-state index in [0.29, 0.717) is 30.3 Å². The Labute approximate surface area is 191 Å². The third kappa shape index (κ3) is 8.60. The SMILES string of the molecule is CCCCCCCCOc1ccc(-c2ccc(OC(=O)CCC(C)CC)c(F)c2)c(F)c1. The standard InChI is InChI=1S/C27H36F2O3/c1-4-6-7-8-9-10-17-31-22-13-14-23(24(28)19-22)21-12-15-26(25(29)18-21)32-27(30)16-11-20(3)5-2/h12-15,18-20H,4-11,16-17H2,1-3H3. The Morgan fingerprint density at radius 1 is 0.938 bits per heavy atom. The zero-order chi connectivity index (χ0) is 23.3. The van der Waals surface area contributed by atoms with Crippen LogP contribution >= 0.6 is 0 Å². The van der Waals surface area contributed by atoms with E-state index in [1.165, 1.54) is 43.9 Å². The van der Waals surface area contributed by atoms with Crippen molar-refractivity contribution in [1.82, 2.24) is 0 Å². The largest absolute Gasteiger partial charge is 0.493 e. The summed E-state index contributed by atoms with van der Waals surface area (Å²) in [6.45, 7) is 6.86. The molecule has 0 aliphatic rings. The summed E-state index contributed by atoms with van der Waals surface area (Å²) in [4.78, 5) is 11.9. The molecule has 0 N–H and O–H groups in total. The molecule has 0 spiro atoms. The maximum atomic E-state index is 14.6. The van der Waals surface area contributed by atoms with Crippen molar-refractivity contribution in [3.05, 3.63) is 48.0 Å². The zero-order valence-electron chi connectivity index (χ0n) is 19.6. The molecule has 2 rings (SSSR count). The summed E-state index contributed by atoms with van der Waals surface area (Å²) in [5.41, 5.74) is 0.646. The van der Waals surface area contributed by atoms with Crippen LogP contribution in [0.3, 0.4) is 0 Å². The first kappa shape index (κ1) is 25.8. The lowest BCUT2D eigenvalue weighted by Gasteiger charge is -2.11. The van der Waals surface area contributed by atoms with Gasteiger partial charge in [-0.1, -0.05) is 65.4 Å². The number of carbonyl (C=O) groups is 1. The smallest absolute Gasteiger partial charge is 0.311 e. The van der Waals surface area contributed by atoms with E-state index in [0.717, 1.165) is 19.3 Å². The lowest BCUT2D eigenvalue weighted by Crippen LogP contribution is -2.10. The molecule has 5 heteroatoms. The maximum absolute atomic E-state index is 14.6. The van der Waals surface area contributed by atoms with E-state index in [9.17, 15) is 13.6 Å². The van der Waals surface area contributed by atoms with Gasteiger partial charge in [0.15, 0.2) is 11.6 Å². The minimum absolute atomic E-state index is 0.137. The number of hydrogen-bond acceptors (Lipinski definition) is 3. The topological polar surface area (TPSA) is 35.5 Å². The van der Waals surface area contributed by atoms with Crippen molar-refractivity contribution >= 4 is 5.97 Å². The van der Waals surface area contributed by atoms with Gasteiger partial charge < -0.3 is 9.47 Å². The van der Waals surface area contributed by atoms with Crippen LogP contribution in [0.15, 0.2) is 36.4 Å². The Morgan fingerprint density at radius 3 is 2.38 bits per heavy atom. The number of unbranched alkanes of at least 4 members (excludes halogenated alkanes) is 5. The third-order valence-corrected chi connectivity index (χ3v) is 5.71. The van der Waals surface area contributed by atoms with Crippen LogP contribution in [0.2, 0.25) is 0 Å². The first-order valence-electron chi connectivity index (χ1n) is 11.9. The highest BCUT2D eigenvalue weighted by Gasteiger charge is 2.14. The molecular weight excluding hydrogens is 410 g/mol. The van der Waals surface area contributed by atoms with Crippen molar-refractivity contribution in [1.29, 1.82) is 0 Å². The van der Waals surface area contributed by atoms with Gasteiger partial charge in [0, 0.05) is 18.1 Å². The second-order valence-electron chi connectivity index (χ2n) is 8.43. The molecule has 1 unspecified atom stereocenters. The summed E-state index contributed by atoms with van der Waals surface area (Å²) in [5, 5.41) is 0. The molecule has 0 radical (unpaired) electrons. The molecule has 0 aliphatic carbocycles. The molecule has 0 amide bonds. The van der Waals surface area contributed by atoms with Crippen molar-refractivity contribution in [2.45, 2.75) is 78.6 Å². The summed E-state index contributed by atoms with van der Waals surface area (Å²) in [6.07, 6.45) is 8.88. The van der Waals surface area contributed by atoms with Gasteiger partial charge in [-0.2, -0.15) is 0 Å². The lowest BCUT2D eigenvalue weighted by molar-refractivity contribution is -0.134. The van der Waals surface area contributed by atoms with Gasteiger partial charge in [-0.05, 0) is 48.6 Å². The molecule has 0 heterocycles. The first-order valence-corrected chi connectivity index (χ1v) is 11.9. The van der Waals surface area contributed by atoms with Crippen molar-refractivity contribution in [2.24, 2.45) is 5.92 Å². The number of esters is 1. The Balaban J connectivity index is 1.91. The minimum atomic E-state index is -0.692. The van der Waals surface area contributed by atoms with Crippen LogP contribution < -0.4 is 9.47 Å². The second kappa shape index (κ2) is 13.9. The molecule has 0 fully saturated rings. The summed E-state index contributed by atoms with van der Waals surface area (Å²) in [5.74, 6) is -0.898. The molecule has 2 aromatic carbocycles. The Kier molecular flexibility index (Phi) is 11.2. The highest BCUT2D eigenvalue weighted by molar-refractivity contribution is 5.73. The summed E-state index contributed by atoms with van der Waals surface area (Å²) in [7, 11) is 0.